The summed E-state index contributed by atoms with van der Waals surface area (Å²) in [4.78, 5) is 14.5. The fraction of sp³-hybridized carbons (Fsp3) is 0.375. The van der Waals surface area contributed by atoms with Crippen molar-refractivity contribution in [3.05, 3.63) is 18.9 Å². The molecule has 2 aromatic heterocycles. The van der Waals surface area contributed by atoms with E-state index in [0.717, 1.165) is 5.52 Å². The fourth-order valence-corrected chi connectivity index (χ4v) is 0.691. The first-order chi connectivity index (χ1) is 6.20. The van der Waals surface area contributed by atoms with E-state index in [1.807, 2.05) is 0 Å². The Labute approximate surface area is 75.9 Å². The zero-order valence-corrected chi connectivity index (χ0v) is 7.60. The maximum absolute atomic E-state index is 8.06. The van der Waals surface area contributed by atoms with Crippen LogP contribution in [0.15, 0.2) is 18.9 Å². The maximum Gasteiger partial charge on any atom is 0.180 e. The zero-order valence-electron chi connectivity index (χ0n) is 7.60. The number of H-pyrrole nitrogens is 1. The van der Waals surface area contributed by atoms with E-state index in [-0.39, 0.29) is 6.10 Å². The number of aromatic amines is 1. The molecule has 0 aromatic carbocycles. The lowest BCUT2D eigenvalue weighted by Gasteiger charge is -1.80. The zero-order chi connectivity index (χ0) is 9.68. The van der Waals surface area contributed by atoms with Crippen LogP contribution >= 0.6 is 0 Å². The number of aliphatic hydroxyl groups excluding tert-OH is 1. The predicted octanol–water partition coefficient (Wildman–Crippen LogP) is 0.740. The maximum atomic E-state index is 8.06. The van der Waals surface area contributed by atoms with Gasteiger partial charge >= 0.3 is 0 Å². The third-order valence-electron chi connectivity index (χ3n) is 1.10. The number of aromatic nitrogens is 4. The van der Waals surface area contributed by atoms with Crippen molar-refractivity contribution in [2.24, 2.45) is 0 Å². The summed E-state index contributed by atoms with van der Waals surface area (Å²) in [7, 11) is 0. The van der Waals surface area contributed by atoms with Gasteiger partial charge in [0.2, 0.25) is 0 Å². The van der Waals surface area contributed by atoms with Crippen molar-refractivity contribution in [1.82, 2.24) is 19.9 Å². The molecule has 0 bridgehead atoms. The number of fused-ring (bicyclic) bond motifs is 1. The SMILES string of the molecule is CC(C)O.c1ncc2[nH]cnc2n1. The Hall–Kier alpha value is -1.49. The first-order valence-electron chi connectivity index (χ1n) is 3.97. The van der Waals surface area contributed by atoms with Gasteiger partial charge < -0.3 is 10.1 Å². The molecule has 0 saturated carbocycles. The molecular weight excluding hydrogens is 168 g/mol. The lowest BCUT2D eigenvalue weighted by Crippen LogP contribution is -1.85. The number of rotatable bonds is 0. The van der Waals surface area contributed by atoms with Crippen LogP contribution in [0.2, 0.25) is 0 Å². The molecule has 0 radical (unpaired) electrons. The Kier molecular flexibility index (Phi) is 3.33. The molecule has 2 N–H and O–H groups in total. The number of aliphatic hydroxyl groups is 1. The summed E-state index contributed by atoms with van der Waals surface area (Å²) >= 11 is 0. The van der Waals surface area contributed by atoms with Crippen LogP contribution in [0.1, 0.15) is 13.8 Å². The molecule has 2 aromatic rings. The topological polar surface area (TPSA) is 74.7 Å². The van der Waals surface area contributed by atoms with E-state index >= 15 is 0 Å². The van der Waals surface area contributed by atoms with E-state index in [2.05, 4.69) is 19.9 Å². The second-order valence-corrected chi connectivity index (χ2v) is 2.76. The number of imidazole rings is 1. The summed E-state index contributed by atoms with van der Waals surface area (Å²) in [5.74, 6) is 0. The molecule has 0 fully saturated rings. The molecule has 2 rings (SSSR count). The van der Waals surface area contributed by atoms with Crippen LogP contribution < -0.4 is 0 Å². The van der Waals surface area contributed by atoms with Crippen molar-refractivity contribution in [2.45, 2.75) is 20.0 Å². The largest absolute Gasteiger partial charge is 0.394 e. The molecule has 2 heterocycles. The van der Waals surface area contributed by atoms with Gasteiger partial charge in [0.1, 0.15) is 11.8 Å². The number of hydrogen-bond acceptors (Lipinski definition) is 4. The lowest BCUT2D eigenvalue weighted by molar-refractivity contribution is 0.216. The van der Waals surface area contributed by atoms with Crippen LogP contribution in [0.3, 0.4) is 0 Å². The van der Waals surface area contributed by atoms with Crippen LogP contribution in [-0.2, 0) is 0 Å². The predicted molar refractivity (Wildman–Crippen MR) is 49.0 cm³/mol. The highest BCUT2D eigenvalue weighted by molar-refractivity contribution is 5.67. The Balaban J connectivity index is 0.000000184. The number of hydrogen-bond donors (Lipinski definition) is 2. The minimum atomic E-state index is -0.167. The van der Waals surface area contributed by atoms with Gasteiger partial charge in [-0.25, -0.2) is 15.0 Å². The van der Waals surface area contributed by atoms with Crippen molar-refractivity contribution in [2.75, 3.05) is 0 Å². The summed E-state index contributed by atoms with van der Waals surface area (Å²) < 4.78 is 0. The lowest BCUT2D eigenvalue weighted by atomic mass is 10.5. The molecule has 0 atom stereocenters. The molecule has 5 heteroatoms. The molecule has 0 aliphatic rings. The van der Waals surface area contributed by atoms with Crippen LogP contribution in [0, 0.1) is 0 Å². The number of nitrogens with one attached hydrogen (secondary N) is 1. The average molecular weight is 180 g/mol. The standard InChI is InChI=1S/C5H4N4.C3H8O/c1-4-5(8-2-6-1)9-3-7-4;1-3(2)4/h1-3H,(H,6,7,8,9);3-4H,1-2H3. The van der Waals surface area contributed by atoms with Gasteiger partial charge in [0, 0.05) is 6.10 Å². The van der Waals surface area contributed by atoms with Gasteiger partial charge in [-0.05, 0) is 13.8 Å². The molecule has 0 spiro atoms. The molecule has 0 aliphatic carbocycles. The molecule has 0 amide bonds. The molecular formula is C8H12N4O. The molecule has 0 unspecified atom stereocenters. The summed E-state index contributed by atoms with van der Waals surface area (Å²) in [6.45, 7) is 3.44. The van der Waals surface area contributed by atoms with Crippen molar-refractivity contribution in [3.63, 3.8) is 0 Å². The van der Waals surface area contributed by atoms with Gasteiger partial charge in [-0.15, -0.1) is 0 Å². The van der Waals surface area contributed by atoms with Crippen LogP contribution in [0.5, 0.6) is 0 Å². The molecule has 0 saturated heterocycles. The second kappa shape index (κ2) is 4.51. The average Bonchev–Trinajstić information content (AvgIpc) is 2.49. The van der Waals surface area contributed by atoms with Crippen LogP contribution in [0.4, 0.5) is 0 Å². The van der Waals surface area contributed by atoms with E-state index in [4.69, 9.17) is 5.11 Å². The van der Waals surface area contributed by atoms with E-state index in [1.165, 1.54) is 6.33 Å². The van der Waals surface area contributed by atoms with Crippen molar-refractivity contribution < 1.29 is 5.11 Å². The van der Waals surface area contributed by atoms with Crippen LogP contribution in [-0.4, -0.2) is 31.1 Å². The quantitative estimate of drug-likeness (QED) is 0.627. The highest BCUT2D eigenvalue weighted by atomic mass is 16.3. The summed E-state index contributed by atoms with van der Waals surface area (Å²) in [5.41, 5.74) is 1.59. The highest BCUT2D eigenvalue weighted by Crippen LogP contribution is 1.99. The van der Waals surface area contributed by atoms with E-state index in [9.17, 15) is 0 Å². The third kappa shape index (κ3) is 3.16. The van der Waals surface area contributed by atoms with Gasteiger partial charge in [0.05, 0.1) is 12.5 Å². The van der Waals surface area contributed by atoms with Gasteiger partial charge in [-0.3, -0.25) is 0 Å². The first kappa shape index (κ1) is 9.60. The Morgan fingerprint density at radius 3 is 2.69 bits per heavy atom. The molecule has 5 nitrogen and oxygen atoms in total. The Morgan fingerprint density at radius 2 is 2.08 bits per heavy atom. The van der Waals surface area contributed by atoms with Crippen molar-refractivity contribution in [1.29, 1.82) is 0 Å². The Bertz CT molecular complexity index is 325. The van der Waals surface area contributed by atoms with Crippen molar-refractivity contribution in [3.8, 4) is 0 Å². The summed E-state index contributed by atoms with van der Waals surface area (Å²) in [6.07, 6.45) is 4.60. The van der Waals surface area contributed by atoms with E-state index in [0.29, 0.717) is 5.65 Å². The minimum absolute atomic E-state index is 0.167. The van der Waals surface area contributed by atoms with E-state index in [1.54, 1.807) is 26.4 Å². The Morgan fingerprint density at radius 1 is 1.38 bits per heavy atom. The molecule has 70 valence electrons. The summed E-state index contributed by atoms with van der Waals surface area (Å²) in [6, 6.07) is 0. The van der Waals surface area contributed by atoms with Gasteiger partial charge in [0.25, 0.3) is 0 Å². The highest BCUT2D eigenvalue weighted by Gasteiger charge is 1.91. The minimum Gasteiger partial charge on any atom is -0.394 e. The van der Waals surface area contributed by atoms with Gasteiger partial charge in [0.15, 0.2) is 5.65 Å². The monoisotopic (exact) mass is 180 g/mol. The fourth-order valence-electron chi connectivity index (χ4n) is 0.691. The molecule has 0 aliphatic heterocycles. The van der Waals surface area contributed by atoms with E-state index < -0.39 is 0 Å². The smallest absolute Gasteiger partial charge is 0.180 e. The molecule has 13 heavy (non-hydrogen) atoms. The third-order valence-corrected chi connectivity index (χ3v) is 1.10. The van der Waals surface area contributed by atoms with Crippen LogP contribution in [0.25, 0.3) is 11.2 Å². The van der Waals surface area contributed by atoms with Crippen molar-refractivity contribution >= 4 is 11.2 Å². The number of nitrogens with zero attached hydrogens (tertiary/aromatic N) is 3. The van der Waals surface area contributed by atoms with Gasteiger partial charge in [-0.2, -0.15) is 0 Å². The normalized spacial score (nSPS) is 9.85. The van der Waals surface area contributed by atoms with Gasteiger partial charge in [-0.1, -0.05) is 0 Å². The second-order valence-electron chi connectivity index (χ2n) is 2.76. The first-order valence-corrected chi connectivity index (χ1v) is 3.97. The summed E-state index contributed by atoms with van der Waals surface area (Å²) in [5, 5.41) is 8.06.